The van der Waals surface area contributed by atoms with Gasteiger partial charge < -0.3 is 15.2 Å². The summed E-state index contributed by atoms with van der Waals surface area (Å²) < 4.78 is 11.7. The van der Waals surface area contributed by atoms with Gasteiger partial charge in [0.1, 0.15) is 12.4 Å². The van der Waals surface area contributed by atoms with Gasteiger partial charge in [0.25, 0.3) is 0 Å². The van der Waals surface area contributed by atoms with Crippen LogP contribution in [0.25, 0.3) is 0 Å². The lowest BCUT2D eigenvalue weighted by molar-refractivity contribution is -0.0108. The molecule has 3 nitrogen and oxygen atoms in total. The highest BCUT2D eigenvalue weighted by Crippen LogP contribution is 2.30. The Kier molecular flexibility index (Phi) is 5.86. The minimum absolute atomic E-state index is 0.405. The van der Waals surface area contributed by atoms with Crippen molar-refractivity contribution in [1.29, 1.82) is 0 Å². The van der Waals surface area contributed by atoms with Gasteiger partial charge >= 0.3 is 0 Å². The predicted molar refractivity (Wildman–Crippen MR) is 81.7 cm³/mol. The van der Waals surface area contributed by atoms with Gasteiger partial charge in [0, 0.05) is 12.1 Å². The zero-order valence-corrected chi connectivity index (χ0v) is 12.7. The maximum Gasteiger partial charge on any atom is 0.123 e. The van der Waals surface area contributed by atoms with Crippen LogP contribution in [-0.4, -0.2) is 19.3 Å². The van der Waals surface area contributed by atoms with Gasteiger partial charge in [0.05, 0.1) is 12.7 Å². The first-order valence-electron chi connectivity index (χ1n) is 7.71. The van der Waals surface area contributed by atoms with Crippen LogP contribution in [0.5, 0.6) is 5.75 Å². The predicted octanol–water partition coefficient (Wildman–Crippen LogP) is 3.37. The fraction of sp³-hybridized carbons (Fsp3) is 0.647. The molecular formula is C17H27NO2. The van der Waals surface area contributed by atoms with Crippen LogP contribution in [0.15, 0.2) is 24.3 Å². The number of benzene rings is 1. The van der Waals surface area contributed by atoms with E-state index in [0.29, 0.717) is 25.9 Å². The van der Waals surface area contributed by atoms with E-state index in [4.69, 9.17) is 15.2 Å². The molecule has 0 spiro atoms. The van der Waals surface area contributed by atoms with Crippen LogP contribution in [-0.2, 0) is 11.3 Å². The Bertz CT molecular complexity index is 398. The van der Waals surface area contributed by atoms with Crippen molar-refractivity contribution >= 4 is 0 Å². The van der Waals surface area contributed by atoms with Gasteiger partial charge in [-0.2, -0.15) is 0 Å². The number of ether oxygens (including phenoxy) is 2. The number of rotatable bonds is 6. The smallest absolute Gasteiger partial charge is 0.123 e. The zero-order chi connectivity index (χ0) is 14.4. The minimum atomic E-state index is 0.405. The molecule has 0 aromatic heterocycles. The highest BCUT2D eigenvalue weighted by atomic mass is 16.5. The molecule has 2 atom stereocenters. The third-order valence-electron chi connectivity index (χ3n) is 4.02. The fourth-order valence-electron chi connectivity index (χ4n) is 3.19. The first-order valence-corrected chi connectivity index (χ1v) is 7.71. The lowest BCUT2D eigenvalue weighted by atomic mass is 9.82. The maximum absolute atomic E-state index is 5.96. The Morgan fingerprint density at radius 3 is 2.45 bits per heavy atom. The Hall–Kier alpha value is -1.06. The molecule has 20 heavy (non-hydrogen) atoms. The normalized spacial score (nSPS) is 26.4. The van der Waals surface area contributed by atoms with Gasteiger partial charge in [0.2, 0.25) is 0 Å². The van der Waals surface area contributed by atoms with Crippen molar-refractivity contribution in [1.82, 2.24) is 0 Å². The molecule has 3 heteroatoms. The zero-order valence-electron chi connectivity index (χ0n) is 12.7. The van der Waals surface area contributed by atoms with E-state index in [1.54, 1.807) is 0 Å². The third kappa shape index (κ3) is 4.50. The molecule has 0 heterocycles. The molecule has 1 aliphatic rings. The van der Waals surface area contributed by atoms with E-state index in [1.807, 2.05) is 24.3 Å². The molecule has 2 rings (SSSR count). The number of nitrogens with two attached hydrogens (primary N) is 1. The summed E-state index contributed by atoms with van der Waals surface area (Å²) in [4.78, 5) is 0. The van der Waals surface area contributed by atoms with Crippen LogP contribution < -0.4 is 10.5 Å². The molecule has 0 bridgehead atoms. The van der Waals surface area contributed by atoms with Crippen molar-refractivity contribution in [3.05, 3.63) is 29.8 Å². The van der Waals surface area contributed by atoms with Crippen molar-refractivity contribution in [2.45, 2.75) is 45.8 Å². The topological polar surface area (TPSA) is 44.5 Å². The van der Waals surface area contributed by atoms with Crippen molar-refractivity contribution < 1.29 is 9.47 Å². The Balaban J connectivity index is 1.71. The van der Waals surface area contributed by atoms with E-state index in [0.717, 1.165) is 23.1 Å². The quantitative estimate of drug-likeness (QED) is 0.811. The highest BCUT2D eigenvalue weighted by molar-refractivity contribution is 5.32. The van der Waals surface area contributed by atoms with E-state index in [-0.39, 0.29) is 0 Å². The van der Waals surface area contributed by atoms with Crippen molar-refractivity contribution in [3.63, 3.8) is 0 Å². The molecule has 112 valence electrons. The second-order valence-electron chi connectivity index (χ2n) is 6.07. The highest BCUT2D eigenvalue weighted by Gasteiger charge is 2.24. The molecule has 1 aromatic rings. The molecule has 0 amide bonds. The van der Waals surface area contributed by atoms with Gasteiger partial charge in [-0.15, -0.1) is 0 Å². The largest absolute Gasteiger partial charge is 0.491 e. The molecule has 0 aliphatic heterocycles. The molecule has 1 fully saturated rings. The van der Waals surface area contributed by atoms with Gasteiger partial charge in [0.15, 0.2) is 0 Å². The summed E-state index contributed by atoms with van der Waals surface area (Å²) in [7, 11) is 0. The van der Waals surface area contributed by atoms with Crippen molar-refractivity contribution in [3.8, 4) is 5.75 Å². The molecule has 1 saturated carbocycles. The van der Waals surface area contributed by atoms with Gasteiger partial charge in [-0.3, -0.25) is 0 Å². The summed E-state index contributed by atoms with van der Waals surface area (Å²) in [5.74, 6) is 2.44. The molecular weight excluding hydrogens is 250 g/mol. The van der Waals surface area contributed by atoms with E-state index >= 15 is 0 Å². The standard InChI is InChI=1S/C17H27NO2/c1-13-9-14(2)11-16(10-13)19-7-8-20-17-6-4-3-5-15(17)12-18/h3-6,13-14,16H,7-12,18H2,1-2H3. The van der Waals surface area contributed by atoms with Crippen molar-refractivity contribution in [2.75, 3.05) is 13.2 Å². The van der Waals surface area contributed by atoms with E-state index in [1.165, 1.54) is 19.3 Å². The lowest BCUT2D eigenvalue weighted by Crippen LogP contribution is -2.27. The average molecular weight is 277 g/mol. The van der Waals surface area contributed by atoms with Crippen LogP contribution in [0.2, 0.25) is 0 Å². The monoisotopic (exact) mass is 277 g/mol. The summed E-state index contributed by atoms with van der Waals surface area (Å²) in [6.07, 6.45) is 4.11. The van der Waals surface area contributed by atoms with Crippen molar-refractivity contribution in [2.24, 2.45) is 17.6 Å². The number of para-hydroxylation sites is 1. The SMILES string of the molecule is CC1CC(C)CC(OCCOc2ccccc2CN)C1. The first-order chi connectivity index (χ1) is 9.69. The molecule has 0 saturated heterocycles. The van der Waals surface area contributed by atoms with Crippen LogP contribution >= 0.6 is 0 Å². The molecule has 2 unspecified atom stereocenters. The van der Waals surface area contributed by atoms with Gasteiger partial charge in [-0.05, 0) is 37.2 Å². The summed E-state index contributed by atoms with van der Waals surface area (Å²) in [5.41, 5.74) is 6.74. The average Bonchev–Trinajstić information content (AvgIpc) is 2.43. The van der Waals surface area contributed by atoms with E-state index in [9.17, 15) is 0 Å². The van der Waals surface area contributed by atoms with E-state index < -0.39 is 0 Å². The lowest BCUT2D eigenvalue weighted by Gasteiger charge is -2.31. The summed E-state index contributed by atoms with van der Waals surface area (Å²) >= 11 is 0. The third-order valence-corrected chi connectivity index (χ3v) is 4.02. The maximum atomic E-state index is 5.96. The van der Waals surface area contributed by atoms with Gasteiger partial charge in [-0.25, -0.2) is 0 Å². The molecule has 1 aromatic carbocycles. The first kappa shape index (κ1) is 15.3. The number of hydrogen-bond donors (Lipinski definition) is 1. The van der Waals surface area contributed by atoms with Crippen LogP contribution in [0, 0.1) is 11.8 Å². The second-order valence-corrected chi connectivity index (χ2v) is 6.07. The van der Waals surface area contributed by atoms with Crippen LogP contribution in [0.4, 0.5) is 0 Å². The Labute approximate surface area is 122 Å². The Morgan fingerprint density at radius 2 is 1.75 bits per heavy atom. The van der Waals surface area contributed by atoms with Gasteiger partial charge in [-0.1, -0.05) is 32.0 Å². The second kappa shape index (κ2) is 7.65. The minimum Gasteiger partial charge on any atom is -0.491 e. The van der Waals surface area contributed by atoms with E-state index in [2.05, 4.69) is 13.8 Å². The molecule has 0 radical (unpaired) electrons. The summed E-state index contributed by atoms with van der Waals surface area (Å²) in [6, 6.07) is 7.92. The Morgan fingerprint density at radius 1 is 1.05 bits per heavy atom. The van der Waals surface area contributed by atoms with Crippen LogP contribution in [0.1, 0.15) is 38.7 Å². The summed E-state index contributed by atoms with van der Waals surface area (Å²) in [5, 5.41) is 0. The van der Waals surface area contributed by atoms with Crippen LogP contribution in [0.3, 0.4) is 0 Å². The molecule has 2 N–H and O–H groups in total. The summed E-state index contributed by atoms with van der Waals surface area (Å²) in [6.45, 7) is 6.40. The number of hydrogen-bond acceptors (Lipinski definition) is 3. The molecule has 1 aliphatic carbocycles. The fourth-order valence-corrected chi connectivity index (χ4v) is 3.19.